The predicted molar refractivity (Wildman–Crippen MR) is 65.6 cm³/mol. The van der Waals surface area contributed by atoms with Crippen molar-refractivity contribution in [2.24, 2.45) is 10.7 Å². The van der Waals surface area contributed by atoms with Crippen molar-refractivity contribution in [3.8, 4) is 0 Å². The molecule has 6 nitrogen and oxygen atoms in total. The average Bonchev–Trinajstić information content (AvgIpc) is 2.95. The van der Waals surface area contributed by atoms with Crippen LogP contribution in [-0.2, 0) is 11.3 Å². The molecule has 1 unspecified atom stereocenters. The number of aryl methyl sites for hydroxylation is 1. The highest BCUT2D eigenvalue weighted by Crippen LogP contribution is 2.10. The quantitative estimate of drug-likeness (QED) is 0.519. The Balaban J connectivity index is 1.75. The molecule has 0 aromatic carbocycles. The van der Waals surface area contributed by atoms with Crippen LogP contribution >= 0.6 is 0 Å². The molecule has 2 heterocycles. The van der Waals surface area contributed by atoms with Crippen molar-refractivity contribution in [2.45, 2.75) is 32.4 Å². The summed E-state index contributed by atoms with van der Waals surface area (Å²) in [5, 5.41) is 9.88. The zero-order chi connectivity index (χ0) is 12.1. The van der Waals surface area contributed by atoms with E-state index in [1.54, 1.807) is 6.20 Å². The normalized spacial score (nSPS) is 20.8. The van der Waals surface area contributed by atoms with Crippen LogP contribution in [0.1, 0.15) is 24.1 Å². The van der Waals surface area contributed by atoms with Crippen molar-refractivity contribution >= 4 is 5.96 Å². The number of nitrogens with two attached hydrogens (primary N) is 1. The minimum Gasteiger partial charge on any atom is -0.376 e. The van der Waals surface area contributed by atoms with Gasteiger partial charge in [0.25, 0.3) is 0 Å². The summed E-state index contributed by atoms with van der Waals surface area (Å²) in [6, 6.07) is 0. The van der Waals surface area contributed by atoms with E-state index in [4.69, 9.17) is 10.5 Å². The molecule has 4 N–H and O–H groups in total. The molecule has 1 atom stereocenters. The summed E-state index contributed by atoms with van der Waals surface area (Å²) >= 11 is 0. The van der Waals surface area contributed by atoms with E-state index < -0.39 is 0 Å². The highest BCUT2D eigenvalue weighted by Gasteiger charge is 2.14. The molecule has 1 fully saturated rings. The third-order valence-electron chi connectivity index (χ3n) is 2.89. The molecule has 17 heavy (non-hydrogen) atoms. The van der Waals surface area contributed by atoms with Crippen molar-refractivity contribution < 1.29 is 4.74 Å². The van der Waals surface area contributed by atoms with E-state index in [1.807, 2.05) is 6.92 Å². The lowest BCUT2D eigenvalue weighted by atomic mass is 10.2. The largest absolute Gasteiger partial charge is 0.376 e. The van der Waals surface area contributed by atoms with Crippen LogP contribution < -0.4 is 11.1 Å². The fraction of sp³-hybridized carbons (Fsp3) is 0.636. The van der Waals surface area contributed by atoms with Gasteiger partial charge in [-0.15, -0.1) is 0 Å². The van der Waals surface area contributed by atoms with E-state index in [0.717, 1.165) is 37.3 Å². The van der Waals surface area contributed by atoms with Crippen molar-refractivity contribution in [3.63, 3.8) is 0 Å². The molecular weight excluding hydrogens is 218 g/mol. The first-order valence-corrected chi connectivity index (χ1v) is 5.90. The molecule has 1 aromatic rings. The van der Waals surface area contributed by atoms with E-state index in [0.29, 0.717) is 12.5 Å². The number of hydrogen-bond acceptors (Lipinski definition) is 3. The van der Waals surface area contributed by atoms with Gasteiger partial charge in [0.05, 0.1) is 18.8 Å². The number of H-pyrrole nitrogens is 1. The van der Waals surface area contributed by atoms with Crippen LogP contribution in [0.2, 0.25) is 0 Å². The maximum atomic E-state index is 5.77. The van der Waals surface area contributed by atoms with Crippen molar-refractivity contribution in [3.05, 3.63) is 17.5 Å². The molecule has 0 spiro atoms. The second-order valence-corrected chi connectivity index (χ2v) is 4.24. The first kappa shape index (κ1) is 11.9. The summed E-state index contributed by atoms with van der Waals surface area (Å²) in [4.78, 5) is 4.26. The number of nitrogens with zero attached hydrogens (tertiary/aromatic N) is 2. The summed E-state index contributed by atoms with van der Waals surface area (Å²) in [6.45, 7) is 4.11. The number of aromatic nitrogens is 2. The minimum atomic E-state index is 0.277. The van der Waals surface area contributed by atoms with Gasteiger partial charge in [-0.2, -0.15) is 5.10 Å². The molecule has 0 bridgehead atoms. The molecule has 1 aliphatic rings. The highest BCUT2D eigenvalue weighted by molar-refractivity contribution is 5.77. The first-order chi connectivity index (χ1) is 8.25. The molecular formula is C11H19N5O. The Hall–Kier alpha value is -1.56. The number of nitrogens with one attached hydrogen (secondary N) is 2. The van der Waals surface area contributed by atoms with Crippen molar-refractivity contribution in [2.75, 3.05) is 13.2 Å². The Labute approximate surface area is 101 Å². The predicted octanol–water partition coefficient (Wildman–Crippen LogP) is 0.301. The summed E-state index contributed by atoms with van der Waals surface area (Å²) in [6.07, 6.45) is 4.28. The molecule has 1 aromatic heterocycles. The first-order valence-electron chi connectivity index (χ1n) is 5.90. The smallest absolute Gasteiger partial charge is 0.189 e. The van der Waals surface area contributed by atoms with Gasteiger partial charge >= 0.3 is 0 Å². The number of aliphatic imine (C=N–C) groups is 1. The Morgan fingerprint density at radius 1 is 1.76 bits per heavy atom. The number of hydrogen-bond donors (Lipinski definition) is 3. The molecule has 0 aliphatic carbocycles. The second-order valence-electron chi connectivity index (χ2n) is 4.24. The van der Waals surface area contributed by atoms with Gasteiger partial charge in [-0.3, -0.25) is 5.10 Å². The number of guanidine groups is 1. The number of ether oxygens (including phenoxy) is 1. The van der Waals surface area contributed by atoms with Gasteiger partial charge in [0.2, 0.25) is 0 Å². The second kappa shape index (κ2) is 5.67. The van der Waals surface area contributed by atoms with Crippen LogP contribution in [0.5, 0.6) is 0 Å². The van der Waals surface area contributed by atoms with E-state index in [1.165, 1.54) is 0 Å². The van der Waals surface area contributed by atoms with Gasteiger partial charge in [-0.1, -0.05) is 0 Å². The maximum Gasteiger partial charge on any atom is 0.189 e. The molecule has 6 heteroatoms. The molecule has 1 aliphatic heterocycles. The lowest BCUT2D eigenvalue weighted by molar-refractivity contribution is 0.114. The van der Waals surface area contributed by atoms with Gasteiger partial charge in [0, 0.05) is 24.4 Å². The van der Waals surface area contributed by atoms with Gasteiger partial charge in [0.1, 0.15) is 0 Å². The van der Waals surface area contributed by atoms with E-state index >= 15 is 0 Å². The van der Waals surface area contributed by atoms with Gasteiger partial charge in [-0.25, -0.2) is 4.99 Å². The summed E-state index contributed by atoms with van der Waals surface area (Å²) in [7, 11) is 0. The fourth-order valence-corrected chi connectivity index (χ4v) is 1.79. The Morgan fingerprint density at radius 2 is 2.65 bits per heavy atom. The SMILES string of the molecule is Cc1[nH]ncc1CN=C(N)NCC1CCCO1. The van der Waals surface area contributed by atoms with Crippen LogP contribution in [0.25, 0.3) is 0 Å². The van der Waals surface area contributed by atoms with E-state index in [-0.39, 0.29) is 6.10 Å². The standard InChI is InChI=1S/C11H19N5O/c1-8-9(6-15-16-8)5-13-11(12)14-7-10-3-2-4-17-10/h6,10H,2-5,7H2,1H3,(H,15,16)(H3,12,13,14). The van der Waals surface area contributed by atoms with Gasteiger partial charge in [0.15, 0.2) is 5.96 Å². The monoisotopic (exact) mass is 237 g/mol. The van der Waals surface area contributed by atoms with Crippen LogP contribution in [0.4, 0.5) is 0 Å². The van der Waals surface area contributed by atoms with Crippen LogP contribution in [0.3, 0.4) is 0 Å². The van der Waals surface area contributed by atoms with E-state index in [2.05, 4.69) is 20.5 Å². The summed E-state index contributed by atoms with van der Waals surface area (Å²) < 4.78 is 5.48. The fourth-order valence-electron chi connectivity index (χ4n) is 1.79. The molecule has 0 amide bonds. The van der Waals surface area contributed by atoms with Gasteiger partial charge in [-0.05, 0) is 19.8 Å². The zero-order valence-electron chi connectivity index (χ0n) is 10.1. The van der Waals surface area contributed by atoms with Crippen LogP contribution in [-0.4, -0.2) is 35.4 Å². The molecule has 2 rings (SSSR count). The summed E-state index contributed by atoms with van der Waals surface area (Å²) in [5.74, 6) is 0.459. The maximum absolute atomic E-state index is 5.77. The average molecular weight is 237 g/mol. The number of rotatable bonds is 4. The van der Waals surface area contributed by atoms with Gasteiger partial charge < -0.3 is 15.8 Å². The number of aromatic amines is 1. The highest BCUT2D eigenvalue weighted by atomic mass is 16.5. The molecule has 0 radical (unpaired) electrons. The topological polar surface area (TPSA) is 88.3 Å². The Bertz CT molecular complexity index is 381. The lowest BCUT2D eigenvalue weighted by Gasteiger charge is -2.10. The van der Waals surface area contributed by atoms with Crippen LogP contribution in [0.15, 0.2) is 11.2 Å². The third kappa shape index (κ3) is 3.45. The van der Waals surface area contributed by atoms with Crippen LogP contribution in [0, 0.1) is 6.92 Å². The van der Waals surface area contributed by atoms with Crippen molar-refractivity contribution in [1.82, 2.24) is 15.5 Å². The minimum absolute atomic E-state index is 0.277. The summed E-state index contributed by atoms with van der Waals surface area (Å²) in [5.41, 5.74) is 7.86. The Kier molecular flexibility index (Phi) is 3.98. The molecule has 1 saturated heterocycles. The Morgan fingerprint density at radius 3 is 3.29 bits per heavy atom. The van der Waals surface area contributed by atoms with E-state index in [9.17, 15) is 0 Å². The molecule has 0 saturated carbocycles. The lowest BCUT2D eigenvalue weighted by Crippen LogP contribution is -2.37. The zero-order valence-corrected chi connectivity index (χ0v) is 10.1. The molecule has 94 valence electrons. The third-order valence-corrected chi connectivity index (χ3v) is 2.89. The van der Waals surface area contributed by atoms with Crippen molar-refractivity contribution in [1.29, 1.82) is 0 Å².